The lowest BCUT2D eigenvalue weighted by molar-refractivity contribution is -0.167. The number of aliphatic carboxylic acids is 2. The first kappa shape index (κ1) is 12.3. The van der Waals surface area contributed by atoms with Crippen molar-refractivity contribution in [2.75, 3.05) is 0 Å². The van der Waals surface area contributed by atoms with Crippen molar-refractivity contribution in [2.45, 2.75) is 18.4 Å². The number of hydrogen-bond donors (Lipinski definition) is 5. The molecule has 0 aromatic carbocycles. The number of carbonyl (C=O) groups excluding carboxylic acids is 1. The molecule has 0 saturated heterocycles. The molecule has 0 radical (unpaired) electrons. The van der Waals surface area contributed by atoms with Crippen molar-refractivity contribution in [1.82, 2.24) is 5.43 Å². The van der Waals surface area contributed by atoms with E-state index >= 15 is 0 Å². The van der Waals surface area contributed by atoms with Gasteiger partial charge in [0.25, 0.3) is 0 Å². The zero-order valence-electron chi connectivity index (χ0n) is 7.06. The van der Waals surface area contributed by atoms with Crippen molar-refractivity contribution < 1.29 is 29.7 Å². The van der Waals surface area contributed by atoms with Gasteiger partial charge in [-0.3, -0.25) is 15.0 Å². The molecule has 0 aliphatic heterocycles. The highest BCUT2D eigenvalue weighted by Gasteiger charge is 2.40. The number of rotatable bonds is 5. The van der Waals surface area contributed by atoms with E-state index in [0.29, 0.717) is 0 Å². The maximum atomic E-state index is 10.7. The summed E-state index contributed by atoms with van der Waals surface area (Å²) in [5, 5.41) is 26.1. The van der Waals surface area contributed by atoms with Gasteiger partial charge in [-0.15, -0.1) is 0 Å². The first-order valence-corrected chi connectivity index (χ1v) is 3.49. The number of amides is 1. The molecule has 8 heteroatoms. The number of nitrogens with one attached hydrogen (secondary N) is 1. The van der Waals surface area contributed by atoms with Crippen LogP contribution in [0.1, 0.15) is 12.8 Å². The Kier molecular flexibility index (Phi) is 3.99. The predicted molar refractivity (Wildman–Crippen MR) is 41.8 cm³/mol. The van der Waals surface area contributed by atoms with Gasteiger partial charge in [-0.25, -0.2) is 10.6 Å². The van der Waals surface area contributed by atoms with E-state index in [9.17, 15) is 19.5 Å². The fourth-order valence-electron chi connectivity index (χ4n) is 0.781. The summed E-state index contributed by atoms with van der Waals surface area (Å²) in [6.45, 7) is 0. The van der Waals surface area contributed by atoms with E-state index in [1.807, 2.05) is 0 Å². The Morgan fingerprint density at radius 1 is 1.21 bits per heavy atom. The summed E-state index contributed by atoms with van der Waals surface area (Å²) >= 11 is 0. The van der Waals surface area contributed by atoms with Crippen LogP contribution in [0.3, 0.4) is 0 Å². The number of nitrogens with two attached hydrogens (primary N) is 1. The van der Waals surface area contributed by atoms with Crippen molar-refractivity contribution in [1.29, 1.82) is 0 Å². The quantitative estimate of drug-likeness (QED) is 0.192. The zero-order valence-corrected chi connectivity index (χ0v) is 7.06. The number of carboxylic acids is 2. The molecule has 0 aromatic heterocycles. The summed E-state index contributed by atoms with van der Waals surface area (Å²) in [6.07, 6.45) is -1.99. The van der Waals surface area contributed by atoms with E-state index in [0.717, 1.165) is 0 Å². The van der Waals surface area contributed by atoms with Crippen LogP contribution in [0.25, 0.3) is 0 Å². The number of hydrazine groups is 1. The molecule has 1 atom stereocenters. The smallest absolute Gasteiger partial charge is 0.336 e. The molecule has 6 N–H and O–H groups in total. The predicted octanol–water partition coefficient (Wildman–Crippen LogP) is -2.34. The fraction of sp³-hybridized carbons (Fsp3) is 0.500. The lowest BCUT2D eigenvalue weighted by Crippen LogP contribution is -2.46. The maximum absolute atomic E-state index is 10.7. The molecule has 0 bridgehead atoms. The van der Waals surface area contributed by atoms with Gasteiger partial charge < -0.3 is 15.3 Å². The minimum Gasteiger partial charge on any atom is -0.481 e. The van der Waals surface area contributed by atoms with E-state index < -0.39 is 36.3 Å². The van der Waals surface area contributed by atoms with Gasteiger partial charge in [0, 0.05) is 0 Å². The summed E-state index contributed by atoms with van der Waals surface area (Å²) in [7, 11) is 0. The summed E-state index contributed by atoms with van der Waals surface area (Å²) in [5.74, 6) is 0.381. The third-order valence-electron chi connectivity index (χ3n) is 1.46. The van der Waals surface area contributed by atoms with Crippen LogP contribution in [0.2, 0.25) is 0 Å². The molecule has 0 fully saturated rings. The Morgan fingerprint density at radius 2 is 1.71 bits per heavy atom. The van der Waals surface area contributed by atoms with Crippen molar-refractivity contribution in [3.8, 4) is 0 Å². The molecule has 8 nitrogen and oxygen atoms in total. The lowest BCUT2D eigenvalue weighted by Gasteiger charge is -2.19. The van der Waals surface area contributed by atoms with Crippen molar-refractivity contribution in [3.05, 3.63) is 0 Å². The van der Waals surface area contributed by atoms with Crippen LogP contribution in [-0.2, 0) is 14.4 Å². The summed E-state index contributed by atoms with van der Waals surface area (Å²) in [6, 6.07) is 0. The topological polar surface area (TPSA) is 150 Å². The third-order valence-corrected chi connectivity index (χ3v) is 1.46. The average Bonchev–Trinajstić information content (AvgIpc) is 2.02. The van der Waals surface area contributed by atoms with Gasteiger partial charge in [0.1, 0.15) is 0 Å². The van der Waals surface area contributed by atoms with E-state index in [4.69, 9.17) is 10.2 Å². The van der Waals surface area contributed by atoms with Gasteiger partial charge in [0.15, 0.2) is 5.60 Å². The summed E-state index contributed by atoms with van der Waals surface area (Å²) in [5.41, 5.74) is -1.04. The van der Waals surface area contributed by atoms with Crippen LogP contribution in [0.15, 0.2) is 0 Å². The van der Waals surface area contributed by atoms with Crippen LogP contribution in [-0.4, -0.2) is 38.8 Å². The highest BCUT2D eigenvalue weighted by atomic mass is 16.4. The second-order valence-electron chi connectivity index (χ2n) is 2.65. The van der Waals surface area contributed by atoms with Gasteiger partial charge in [0.05, 0.1) is 12.8 Å². The molecule has 14 heavy (non-hydrogen) atoms. The zero-order chi connectivity index (χ0) is 11.4. The molecule has 0 rings (SSSR count). The van der Waals surface area contributed by atoms with Crippen LogP contribution >= 0.6 is 0 Å². The molecule has 1 unspecified atom stereocenters. The number of carbonyl (C=O) groups is 3. The number of carboxylic acid groups (broad SMARTS) is 2. The highest BCUT2D eigenvalue weighted by molar-refractivity contribution is 5.89. The molecule has 80 valence electrons. The first-order chi connectivity index (χ1) is 6.31. The number of aliphatic hydroxyl groups is 1. The Balaban J connectivity index is 4.63. The molecule has 0 heterocycles. The molecule has 1 amide bonds. The van der Waals surface area contributed by atoms with Crippen molar-refractivity contribution >= 4 is 17.8 Å². The second kappa shape index (κ2) is 4.53. The monoisotopic (exact) mass is 206 g/mol. The van der Waals surface area contributed by atoms with Crippen LogP contribution in [0.5, 0.6) is 0 Å². The van der Waals surface area contributed by atoms with Crippen LogP contribution in [0, 0.1) is 0 Å². The van der Waals surface area contributed by atoms with Crippen molar-refractivity contribution in [3.63, 3.8) is 0 Å². The molecule has 0 aliphatic carbocycles. The largest absolute Gasteiger partial charge is 0.481 e. The Bertz CT molecular complexity index is 265. The summed E-state index contributed by atoms with van der Waals surface area (Å²) < 4.78 is 0. The first-order valence-electron chi connectivity index (χ1n) is 3.49. The van der Waals surface area contributed by atoms with E-state index in [-0.39, 0.29) is 0 Å². The second-order valence-corrected chi connectivity index (χ2v) is 2.65. The summed E-state index contributed by atoms with van der Waals surface area (Å²) in [4.78, 5) is 31.3. The molecule has 0 aromatic rings. The average molecular weight is 206 g/mol. The molecule has 0 aliphatic rings. The normalized spacial score (nSPS) is 14.1. The van der Waals surface area contributed by atoms with Gasteiger partial charge in [-0.1, -0.05) is 0 Å². The highest BCUT2D eigenvalue weighted by Crippen LogP contribution is 2.15. The fourth-order valence-corrected chi connectivity index (χ4v) is 0.781. The lowest BCUT2D eigenvalue weighted by atomic mass is 9.95. The van der Waals surface area contributed by atoms with Crippen molar-refractivity contribution in [2.24, 2.45) is 5.84 Å². The third kappa shape index (κ3) is 3.37. The van der Waals surface area contributed by atoms with E-state index in [1.54, 1.807) is 5.43 Å². The van der Waals surface area contributed by atoms with Gasteiger partial charge >= 0.3 is 11.9 Å². The van der Waals surface area contributed by atoms with Gasteiger partial charge in [-0.05, 0) is 0 Å². The SMILES string of the molecule is NNC(=O)CC(O)(CC(=O)O)C(=O)O. The minimum absolute atomic E-state index is 0.912. The molecule has 0 saturated carbocycles. The standard InChI is InChI=1S/C6H10N2O6/c7-8-3(9)1-6(14,5(12)13)2-4(10)11/h14H,1-2,7H2,(H,8,9)(H,10,11)(H,12,13). The van der Waals surface area contributed by atoms with E-state index in [2.05, 4.69) is 5.84 Å². The Morgan fingerprint density at radius 3 is 2.00 bits per heavy atom. The molecule has 0 spiro atoms. The maximum Gasteiger partial charge on any atom is 0.336 e. The molecular weight excluding hydrogens is 196 g/mol. The molecular formula is C6H10N2O6. The minimum atomic E-state index is -2.63. The Labute approximate surface area is 78.3 Å². The van der Waals surface area contributed by atoms with Crippen LogP contribution in [0.4, 0.5) is 0 Å². The Hall–Kier alpha value is -1.67. The van der Waals surface area contributed by atoms with Gasteiger partial charge in [-0.2, -0.15) is 0 Å². The van der Waals surface area contributed by atoms with Crippen LogP contribution < -0.4 is 11.3 Å². The van der Waals surface area contributed by atoms with Gasteiger partial charge in [0.2, 0.25) is 5.91 Å². The number of hydrogen-bond acceptors (Lipinski definition) is 5. The van der Waals surface area contributed by atoms with E-state index in [1.165, 1.54) is 0 Å².